The van der Waals surface area contributed by atoms with E-state index in [4.69, 9.17) is 0 Å². The summed E-state index contributed by atoms with van der Waals surface area (Å²) in [5.41, 5.74) is 1.19. The quantitative estimate of drug-likeness (QED) is 0.478. The van der Waals surface area contributed by atoms with Crippen molar-refractivity contribution in [3.63, 3.8) is 0 Å². The van der Waals surface area contributed by atoms with Gasteiger partial charge in [-0.1, -0.05) is 34.1 Å². The van der Waals surface area contributed by atoms with Gasteiger partial charge in [-0.25, -0.2) is 13.6 Å². The molecule has 2 aromatic rings. The molecule has 28 heavy (non-hydrogen) atoms. The third-order valence-electron chi connectivity index (χ3n) is 4.66. The number of fused-ring (bicyclic) bond motifs is 1. The Morgan fingerprint density at radius 2 is 1.93 bits per heavy atom. The molecule has 0 atom stereocenters. The number of ether oxygens (including phenoxy) is 1. The third kappa shape index (κ3) is 3.85. The molecule has 0 unspecified atom stereocenters. The average Bonchev–Trinajstić information content (AvgIpc) is 2.76. The number of para-hydroxylation sites is 1. The molecule has 1 aliphatic heterocycles. The van der Waals surface area contributed by atoms with Crippen molar-refractivity contribution in [1.29, 1.82) is 0 Å². The van der Waals surface area contributed by atoms with E-state index in [9.17, 15) is 18.4 Å². The highest BCUT2D eigenvalue weighted by Crippen LogP contribution is 2.43. The van der Waals surface area contributed by atoms with Gasteiger partial charge in [-0.15, -0.1) is 0 Å². The molecule has 0 N–H and O–H groups in total. The van der Waals surface area contributed by atoms with Crippen molar-refractivity contribution in [2.45, 2.75) is 19.3 Å². The number of hydrogen-bond acceptors (Lipinski definition) is 3. The van der Waals surface area contributed by atoms with Crippen LogP contribution in [-0.2, 0) is 9.53 Å². The lowest BCUT2D eigenvalue weighted by atomic mass is 9.97. The molecule has 4 nitrogen and oxygen atoms in total. The van der Waals surface area contributed by atoms with Crippen LogP contribution in [0.3, 0.4) is 0 Å². The van der Waals surface area contributed by atoms with Gasteiger partial charge in [-0.2, -0.15) is 0 Å². The minimum absolute atomic E-state index is 0.138. The fraction of sp³-hybridized carbons (Fsp3) is 0.238. The van der Waals surface area contributed by atoms with Crippen molar-refractivity contribution in [1.82, 2.24) is 0 Å². The summed E-state index contributed by atoms with van der Waals surface area (Å²) >= 11 is 3.36. The molecule has 0 aromatic heterocycles. The molecule has 1 heterocycles. The van der Waals surface area contributed by atoms with E-state index in [1.807, 2.05) is 0 Å². The lowest BCUT2D eigenvalue weighted by molar-refractivity contribution is -0.134. The van der Waals surface area contributed by atoms with Crippen LogP contribution in [0.25, 0.3) is 5.57 Å². The van der Waals surface area contributed by atoms with Gasteiger partial charge >= 0.3 is 5.97 Å². The van der Waals surface area contributed by atoms with Crippen molar-refractivity contribution >= 4 is 39.1 Å². The molecular weight excluding hydrogens is 432 g/mol. The summed E-state index contributed by atoms with van der Waals surface area (Å²) < 4.78 is 35.1. The summed E-state index contributed by atoms with van der Waals surface area (Å²) in [6.45, 7) is 1.61. The number of allylic oxidation sites excluding steroid dienone is 1. The predicted octanol–water partition coefficient (Wildman–Crippen LogP) is 5.00. The number of nitrogens with zero attached hydrogens (tertiary/aromatic N) is 1. The Morgan fingerprint density at radius 1 is 1.21 bits per heavy atom. The number of aryl methyl sites for hydroxylation is 1. The van der Waals surface area contributed by atoms with E-state index in [0.29, 0.717) is 11.3 Å². The molecule has 0 saturated heterocycles. The molecule has 1 aliphatic rings. The predicted molar refractivity (Wildman–Crippen MR) is 107 cm³/mol. The van der Waals surface area contributed by atoms with E-state index < -0.39 is 23.9 Å². The second-order valence-corrected chi connectivity index (χ2v) is 7.38. The number of amides is 1. The van der Waals surface area contributed by atoms with Gasteiger partial charge in [0, 0.05) is 40.2 Å². The highest BCUT2D eigenvalue weighted by Gasteiger charge is 2.41. The summed E-state index contributed by atoms with van der Waals surface area (Å²) in [4.78, 5) is 26.2. The number of halogens is 3. The Bertz CT molecular complexity index is 972. The Kier molecular flexibility index (Phi) is 5.65. The molecule has 0 spiro atoms. The number of carbonyl (C=O) groups is 2. The van der Waals surface area contributed by atoms with E-state index in [0.717, 1.165) is 23.2 Å². The largest absolute Gasteiger partial charge is 0.466 e. The molecule has 0 saturated carbocycles. The Labute approximate surface area is 169 Å². The van der Waals surface area contributed by atoms with Crippen LogP contribution in [0.1, 0.15) is 27.9 Å². The number of hydrogen-bond donors (Lipinski definition) is 0. The minimum Gasteiger partial charge on any atom is -0.466 e. The number of rotatable bonds is 2. The summed E-state index contributed by atoms with van der Waals surface area (Å²) in [7, 11) is 1.13. The molecule has 2 aromatic carbocycles. The highest BCUT2D eigenvalue weighted by atomic mass is 79.9. The van der Waals surface area contributed by atoms with Crippen molar-refractivity contribution in [3.05, 3.63) is 69.7 Å². The first kappa shape index (κ1) is 20.2. The van der Waals surface area contributed by atoms with Crippen LogP contribution >= 0.6 is 15.9 Å². The molecule has 0 aliphatic carbocycles. The fourth-order valence-electron chi connectivity index (χ4n) is 3.22. The van der Waals surface area contributed by atoms with Gasteiger partial charge < -0.3 is 9.64 Å². The van der Waals surface area contributed by atoms with E-state index in [1.165, 1.54) is 11.0 Å². The lowest BCUT2D eigenvalue weighted by Gasteiger charge is -2.23. The van der Waals surface area contributed by atoms with Crippen LogP contribution in [0, 0.1) is 6.92 Å². The lowest BCUT2D eigenvalue weighted by Crippen LogP contribution is -2.33. The van der Waals surface area contributed by atoms with Crippen LogP contribution in [0.15, 0.2) is 53.0 Å². The first-order valence-corrected chi connectivity index (χ1v) is 9.39. The average molecular weight is 450 g/mol. The maximum absolute atomic E-state index is 14.9. The molecule has 3 rings (SSSR count). The molecule has 0 fully saturated rings. The summed E-state index contributed by atoms with van der Waals surface area (Å²) in [6, 6.07) is 11.6. The zero-order valence-electron chi connectivity index (χ0n) is 15.3. The topological polar surface area (TPSA) is 46.6 Å². The van der Waals surface area contributed by atoms with E-state index in [-0.39, 0.29) is 18.0 Å². The number of benzene rings is 2. The second-order valence-electron chi connectivity index (χ2n) is 6.47. The zero-order valence-corrected chi connectivity index (χ0v) is 16.9. The summed E-state index contributed by atoms with van der Waals surface area (Å²) in [6.07, 6.45) is 0.198. The van der Waals surface area contributed by atoms with Gasteiger partial charge in [-0.05, 0) is 36.8 Å². The van der Waals surface area contributed by atoms with E-state index >= 15 is 0 Å². The Hall–Kier alpha value is -2.54. The fourth-order valence-corrected chi connectivity index (χ4v) is 3.70. The zero-order chi connectivity index (χ0) is 20.5. The number of anilines is 1. The number of methoxy groups -OCH3 is 1. The second kappa shape index (κ2) is 7.83. The van der Waals surface area contributed by atoms with E-state index in [1.54, 1.807) is 43.3 Å². The van der Waals surface area contributed by atoms with Crippen LogP contribution in [-0.4, -0.2) is 31.5 Å². The molecule has 0 radical (unpaired) electrons. The standard InChI is InChI=1S/C21H18BrF2NO3/c1-13-11-14(22)7-8-15(13)20(27)25-10-9-21(23,24)17(12-19(26)28-2)16-5-3-4-6-18(16)25/h3-8,11-12H,9-10H2,1-2H3. The number of carbonyl (C=O) groups excluding carboxylic acids is 2. The smallest absolute Gasteiger partial charge is 0.330 e. The van der Waals surface area contributed by atoms with Gasteiger partial charge in [0.1, 0.15) is 0 Å². The molecule has 7 heteroatoms. The van der Waals surface area contributed by atoms with Crippen molar-refractivity contribution in [2.75, 3.05) is 18.6 Å². The van der Waals surface area contributed by atoms with Crippen LogP contribution in [0.4, 0.5) is 14.5 Å². The van der Waals surface area contributed by atoms with Crippen molar-refractivity contribution in [3.8, 4) is 0 Å². The van der Waals surface area contributed by atoms with Gasteiger partial charge in [0.05, 0.1) is 12.8 Å². The summed E-state index contributed by atoms with van der Waals surface area (Å²) in [5.74, 6) is -4.52. The molecule has 146 valence electrons. The van der Waals surface area contributed by atoms with Crippen LogP contribution in [0.5, 0.6) is 0 Å². The monoisotopic (exact) mass is 449 g/mol. The molecular formula is C21H18BrF2NO3. The normalized spacial score (nSPS) is 17.0. The van der Waals surface area contributed by atoms with Gasteiger partial charge in [0.2, 0.25) is 0 Å². The molecule has 1 amide bonds. The van der Waals surface area contributed by atoms with Gasteiger partial charge in [-0.3, -0.25) is 4.79 Å². The first-order chi connectivity index (χ1) is 13.2. The van der Waals surface area contributed by atoms with Gasteiger partial charge in [0.25, 0.3) is 11.8 Å². The number of esters is 1. The third-order valence-corrected chi connectivity index (χ3v) is 5.15. The SMILES string of the molecule is COC(=O)C=C1c2ccccc2N(C(=O)c2ccc(Br)cc2C)CCC1(F)F. The van der Waals surface area contributed by atoms with Gasteiger partial charge in [0.15, 0.2) is 0 Å². The molecule has 0 bridgehead atoms. The van der Waals surface area contributed by atoms with Crippen LogP contribution < -0.4 is 4.90 Å². The Morgan fingerprint density at radius 3 is 2.61 bits per heavy atom. The highest BCUT2D eigenvalue weighted by molar-refractivity contribution is 9.10. The van der Waals surface area contributed by atoms with Crippen LogP contribution in [0.2, 0.25) is 0 Å². The minimum atomic E-state index is -3.28. The van der Waals surface area contributed by atoms with Crippen molar-refractivity contribution < 1.29 is 23.1 Å². The maximum Gasteiger partial charge on any atom is 0.330 e. The van der Waals surface area contributed by atoms with Crippen molar-refractivity contribution in [2.24, 2.45) is 0 Å². The summed E-state index contributed by atoms with van der Waals surface area (Å²) in [5, 5.41) is 0. The maximum atomic E-state index is 14.9. The Balaban J connectivity index is 2.14. The van der Waals surface area contributed by atoms with E-state index in [2.05, 4.69) is 20.7 Å². The number of alkyl halides is 2. The first-order valence-electron chi connectivity index (χ1n) is 8.60.